The van der Waals surface area contributed by atoms with Gasteiger partial charge in [-0.2, -0.15) is 0 Å². The number of carboxylic acid groups (broad SMARTS) is 1. The van der Waals surface area contributed by atoms with Gasteiger partial charge < -0.3 is 19.9 Å². The summed E-state index contributed by atoms with van der Waals surface area (Å²) in [6, 6.07) is 13.8. The van der Waals surface area contributed by atoms with Crippen LogP contribution in [0.5, 0.6) is 11.5 Å². The number of rotatable bonds is 8. The Morgan fingerprint density at radius 2 is 1.85 bits per heavy atom. The van der Waals surface area contributed by atoms with Gasteiger partial charge in [0.05, 0.1) is 10.7 Å². The molecule has 1 aromatic heterocycles. The van der Waals surface area contributed by atoms with E-state index < -0.39 is 17.9 Å². The second-order valence-electron chi connectivity index (χ2n) is 7.17. The average Bonchev–Trinajstić information content (AvgIpc) is 3.46. The van der Waals surface area contributed by atoms with Gasteiger partial charge in [-0.3, -0.25) is 4.79 Å². The molecule has 0 radical (unpaired) electrons. The van der Waals surface area contributed by atoms with Gasteiger partial charge in [0.25, 0.3) is 5.91 Å². The molecule has 2 N–H and O–H groups in total. The predicted molar refractivity (Wildman–Crippen MR) is 127 cm³/mol. The van der Waals surface area contributed by atoms with E-state index in [-0.39, 0.29) is 17.5 Å². The Kier molecular flexibility index (Phi) is 7.26. The fraction of sp³-hybridized carbons (Fsp3) is 0.217. The minimum atomic E-state index is -1.02. The summed E-state index contributed by atoms with van der Waals surface area (Å²) >= 11 is 2.73. The van der Waals surface area contributed by atoms with Crippen molar-refractivity contribution < 1.29 is 24.2 Å². The third kappa shape index (κ3) is 6.33. The van der Waals surface area contributed by atoms with E-state index in [1.54, 1.807) is 18.2 Å². The third-order valence-electron chi connectivity index (χ3n) is 4.60. The van der Waals surface area contributed by atoms with Gasteiger partial charge in [0.15, 0.2) is 11.2 Å². The first kappa shape index (κ1) is 22.8. The van der Waals surface area contributed by atoms with Crippen molar-refractivity contribution >= 4 is 40.1 Å². The molecular weight excluding hydrogens is 462 g/mol. The topological polar surface area (TPSA) is 110 Å². The molecule has 0 fully saturated rings. The van der Waals surface area contributed by atoms with Crippen molar-refractivity contribution in [1.82, 2.24) is 10.3 Å². The van der Waals surface area contributed by atoms with E-state index in [0.717, 1.165) is 16.3 Å². The Bertz CT molecular complexity index is 1180. The molecule has 0 saturated carbocycles. The molecule has 2 heterocycles. The van der Waals surface area contributed by atoms with E-state index in [4.69, 9.17) is 14.6 Å². The molecular formula is C23H21N3O5S2. The highest BCUT2D eigenvalue weighted by Crippen LogP contribution is 2.26. The molecule has 1 atom stereocenters. The number of aliphatic carboxylic acids is 1. The number of aliphatic imine (C=N–C) groups is 1. The highest BCUT2D eigenvalue weighted by molar-refractivity contribution is 8.14. The van der Waals surface area contributed by atoms with Gasteiger partial charge >= 0.3 is 5.97 Å². The fourth-order valence-electron chi connectivity index (χ4n) is 2.98. The smallest absolute Gasteiger partial charge is 0.329 e. The number of aryl methyl sites for hydroxylation is 1. The van der Waals surface area contributed by atoms with E-state index in [9.17, 15) is 9.59 Å². The predicted octanol–water partition coefficient (Wildman–Crippen LogP) is 3.90. The van der Waals surface area contributed by atoms with E-state index in [2.05, 4.69) is 15.3 Å². The number of benzene rings is 2. The number of thiazole rings is 1. The molecule has 1 aliphatic heterocycles. The van der Waals surface area contributed by atoms with Crippen LogP contribution >= 0.6 is 23.1 Å². The number of hydrogen-bond donors (Lipinski definition) is 2. The summed E-state index contributed by atoms with van der Waals surface area (Å²) in [5.41, 5.74) is 2.10. The van der Waals surface area contributed by atoms with Crippen LogP contribution in [0.1, 0.15) is 26.6 Å². The van der Waals surface area contributed by atoms with E-state index in [0.29, 0.717) is 23.7 Å². The standard InChI is InChI=1S/C23H21N3O5S2/c1-14-24-17(12-32-14)11-31-19-8-16(21(27)26-23-25-20(13-33-23)22(28)29)7-18(9-19)30-10-15-5-3-2-4-6-15/h2-9,12,20H,10-11,13H2,1H3,(H,28,29)(H,25,26,27). The minimum absolute atomic E-state index is 0.260. The summed E-state index contributed by atoms with van der Waals surface area (Å²) < 4.78 is 11.8. The molecule has 2 aromatic carbocycles. The number of amides is 1. The zero-order valence-corrected chi connectivity index (χ0v) is 19.3. The maximum absolute atomic E-state index is 12.9. The van der Waals surface area contributed by atoms with Crippen molar-refractivity contribution in [3.8, 4) is 11.5 Å². The monoisotopic (exact) mass is 483 g/mol. The zero-order chi connectivity index (χ0) is 23.2. The number of nitrogens with zero attached hydrogens (tertiary/aromatic N) is 2. The van der Waals surface area contributed by atoms with Crippen LogP contribution in [0.2, 0.25) is 0 Å². The molecule has 8 nitrogen and oxygen atoms in total. The molecule has 10 heteroatoms. The Labute approximate surface area is 198 Å². The molecule has 1 aliphatic rings. The molecule has 1 unspecified atom stereocenters. The van der Waals surface area contributed by atoms with Crippen molar-refractivity contribution in [2.24, 2.45) is 4.99 Å². The zero-order valence-electron chi connectivity index (χ0n) is 17.7. The molecule has 33 heavy (non-hydrogen) atoms. The van der Waals surface area contributed by atoms with Crippen LogP contribution in [0.25, 0.3) is 0 Å². The van der Waals surface area contributed by atoms with Crippen molar-refractivity contribution in [1.29, 1.82) is 0 Å². The average molecular weight is 484 g/mol. The number of thioether (sulfide) groups is 1. The number of amidine groups is 1. The number of hydrogen-bond acceptors (Lipinski definition) is 8. The summed E-state index contributed by atoms with van der Waals surface area (Å²) in [6.45, 7) is 2.52. The van der Waals surface area contributed by atoms with E-state index in [1.807, 2.05) is 42.6 Å². The van der Waals surface area contributed by atoms with Gasteiger partial charge in [0.1, 0.15) is 24.7 Å². The van der Waals surface area contributed by atoms with E-state index >= 15 is 0 Å². The lowest BCUT2D eigenvalue weighted by Crippen LogP contribution is -2.27. The highest BCUT2D eigenvalue weighted by atomic mass is 32.2. The highest BCUT2D eigenvalue weighted by Gasteiger charge is 2.26. The van der Waals surface area contributed by atoms with Gasteiger partial charge in [0, 0.05) is 22.8 Å². The Morgan fingerprint density at radius 1 is 1.12 bits per heavy atom. The summed E-state index contributed by atoms with van der Waals surface area (Å²) in [4.78, 5) is 32.4. The number of carboxylic acids is 1. The van der Waals surface area contributed by atoms with Gasteiger partial charge in [-0.1, -0.05) is 42.1 Å². The lowest BCUT2D eigenvalue weighted by molar-refractivity contribution is -0.137. The van der Waals surface area contributed by atoms with Crippen molar-refractivity contribution in [2.45, 2.75) is 26.2 Å². The molecule has 4 rings (SSSR count). The van der Waals surface area contributed by atoms with Gasteiger partial charge in [-0.15, -0.1) is 11.3 Å². The first-order valence-corrected chi connectivity index (χ1v) is 11.9. The number of aromatic nitrogens is 1. The number of nitrogens with one attached hydrogen (secondary N) is 1. The summed E-state index contributed by atoms with van der Waals surface area (Å²) in [6.07, 6.45) is 0. The summed E-state index contributed by atoms with van der Waals surface area (Å²) in [5.74, 6) is -0.226. The van der Waals surface area contributed by atoms with Crippen LogP contribution in [0.4, 0.5) is 0 Å². The summed E-state index contributed by atoms with van der Waals surface area (Å²) in [5, 5.41) is 14.9. The molecule has 0 bridgehead atoms. The molecule has 0 spiro atoms. The van der Waals surface area contributed by atoms with Crippen molar-refractivity contribution in [2.75, 3.05) is 5.75 Å². The number of carbonyl (C=O) groups is 2. The van der Waals surface area contributed by atoms with Crippen molar-refractivity contribution in [3.63, 3.8) is 0 Å². The Balaban J connectivity index is 1.51. The molecule has 170 valence electrons. The molecule has 0 saturated heterocycles. The van der Waals surface area contributed by atoms with Gasteiger partial charge in [-0.05, 0) is 24.6 Å². The van der Waals surface area contributed by atoms with Crippen LogP contribution in [0.3, 0.4) is 0 Å². The van der Waals surface area contributed by atoms with Crippen LogP contribution in [-0.2, 0) is 18.0 Å². The Morgan fingerprint density at radius 3 is 2.48 bits per heavy atom. The maximum atomic E-state index is 12.9. The molecule has 0 aliphatic carbocycles. The quantitative estimate of drug-likeness (QED) is 0.500. The second-order valence-corrected chi connectivity index (χ2v) is 9.24. The second kappa shape index (κ2) is 10.5. The number of carbonyl (C=O) groups excluding carboxylic acids is 1. The van der Waals surface area contributed by atoms with Crippen LogP contribution in [-0.4, -0.2) is 38.9 Å². The van der Waals surface area contributed by atoms with Crippen LogP contribution in [0.15, 0.2) is 58.9 Å². The maximum Gasteiger partial charge on any atom is 0.329 e. The molecule has 3 aromatic rings. The van der Waals surface area contributed by atoms with Gasteiger partial charge in [0.2, 0.25) is 0 Å². The summed E-state index contributed by atoms with van der Waals surface area (Å²) in [7, 11) is 0. The third-order valence-corrected chi connectivity index (χ3v) is 6.39. The van der Waals surface area contributed by atoms with Crippen LogP contribution in [0, 0.1) is 6.92 Å². The Hall–Kier alpha value is -3.37. The lowest BCUT2D eigenvalue weighted by atomic mass is 10.2. The fourth-order valence-corrected chi connectivity index (χ4v) is 4.48. The van der Waals surface area contributed by atoms with Gasteiger partial charge in [-0.25, -0.2) is 14.8 Å². The van der Waals surface area contributed by atoms with E-state index in [1.165, 1.54) is 23.1 Å². The first-order chi connectivity index (χ1) is 16.0. The van der Waals surface area contributed by atoms with Crippen molar-refractivity contribution in [3.05, 3.63) is 75.7 Å². The molecule has 1 amide bonds. The largest absolute Gasteiger partial charge is 0.489 e. The minimum Gasteiger partial charge on any atom is -0.489 e. The van der Waals surface area contributed by atoms with Crippen LogP contribution < -0.4 is 14.8 Å². The lowest BCUT2D eigenvalue weighted by Gasteiger charge is -2.12. The number of ether oxygens (including phenoxy) is 2. The first-order valence-electron chi connectivity index (χ1n) is 10.1. The SMILES string of the molecule is Cc1nc(COc2cc(OCc3ccccc3)cc(C(=O)NC3=NC(C(=O)O)CS3)c2)cs1. The normalized spacial score (nSPS) is 15.1.